The van der Waals surface area contributed by atoms with E-state index in [4.69, 9.17) is 14.2 Å². The molecule has 0 N–H and O–H groups in total. The number of carbonyl (C=O) groups excluding carboxylic acids is 3. The van der Waals surface area contributed by atoms with Gasteiger partial charge in [-0.2, -0.15) is 0 Å². The third kappa shape index (κ3) is 45.8. The van der Waals surface area contributed by atoms with Crippen molar-refractivity contribution >= 4 is 17.9 Å². The largest absolute Gasteiger partial charge is 0.462 e. The smallest absolute Gasteiger partial charge is 0.306 e. The summed E-state index contributed by atoms with van der Waals surface area (Å²) in [6, 6.07) is 0. The van der Waals surface area contributed by atoms with Crippen molar-refractivity contribution in [1.82, 2.24) is 0 Å². The maximum atomic E-state index is 12.8. The molecule has 0 saturated carbocycles. The van der Waals surface area contributed by atoms with Crippen molar-refractivity contribution < 1.29 is 28.6 Å². The number of esters is 3. The van der Waals surface area contributed by atoms with Gasteiger partial charge in [-0.05, 0) is 37.0 Å². The maximum Gasteiger partial charge on any atom is 0.306 e. The van der Waals surface area contributed by atoms with Gasteiger partial charge in [-0.25, -0.2) is 0 Å². The molecule has 59 heavy (non-hydrogen) atoms. The zero-order valence-corrected chi connectivity index (χ0v) is 40.5. The van der Waals surface area contributed by atoms with Crippen molar-refractivity contribution in [2.24, 2.45) is 17.8 Å². The molecule has 0 spiro atoms. The zero-order chi connectivity index (χ0) is 43.4. The van der Waals surface area contributed by atoms with Crippen LogP contribution in [0.4, 0.5) is 0 Å². The summed E-state index contributed by atoms with van der Waals surface area (Å²) in [6.07, 6.45) is 43.8. The van der Waals surface area contributed by atoms with Crippen LogP contribution in [-0.4, -0.2) is 37.2 Å². The lowest BCUT2D eigenvalue weighted by atomic mass is 9.99. The second-order valence-electron chi connectivity index (χ2n) is 19.4. The molecule has 0 aliphatic rings. The minimum atomic E-state index is -0.763. The second kappa shape index (κ2) is 44.5. The number of ether oxygens (including phenoxy) is 3. The van der Waals surface area contributed by atoms with E-state index in [9.17, 15) is 14.4 Å². The van der Waals surface area contributed by atoms with E-state index in [1.807, 2.05) is 0 Å². The van der Waals surface area contributed by atoms with Gasteiger partial charge in [0.1, 0.15) is 13.2 Å². The van der Waals surface area contributed by atoms with Crippen LogP contribution in [-0.2, 0) is 28.6 Å². The molecule has 0 rings (SSSR count). The van der Waals surface area contributed by atoms with Crippen molar-refractivity contribution in [3.8, 4) is 0 Å². The SMILES string of the molecule is CCC(C)CCCCCCCCCCCCCCCCC(=O)OC[C@H](COC(=O)CCCCCCCCCC(C)C)OC(=O)CCCCCCCCCCCCC(C)C. The third-order valence-corrected chi connectivity index (χ3v) is 12.3. The van der Waals surface area contributed by atoms with Gasteiger partial charge in [-0.1, -0.05) is 247 Å². The van der Waals surface area contributed by atoms with Gasteiger partial charge in [0.25, 0.3) is 0 Å². The number of carbonyl (C=O) groups is 3. The van der Waals surface area contributed by atoms with Crippen LogP contribution in [0.25, 0.3) is 0 Å². The first-order chi connectivity index (χ1) is 28.6. The Morgan fingerprint density at radius 1 is 0.339 bits per heavy atom. The van der Waals surface area contributed by atoms with E-state index in [0.29, 0.717) is 19.3 Å². The molecule has 0 radical (unpaired) electrons. The fraction of sp³-hybridized carbons (Fsp3) is 0.943. The van der Waals surface area contributed by atoms with Gasteiger partial charge in [-0.3, -0.25) is 14.4 Å². The van der Waals surface area contributed by atoms with Crippen molar-refractivity contribution in [3.05, 3.63) is 0 Å². The molecule has 350 valence electrons. The van der Waals surface area contributed by atoms with Gasteiger partial charge < -0.3 is 14.2 Å². The Labute approximate surface area is 368 Å². The van der Waals surface area contributed by atoms with E-state index in [2.05, 4.69) is 41.5 Å². The minimum absolute atomic E-state index is 0.0651. The van der Waals surface area contributed by atoms with Crippen LogP contribution in [0.15, 0.2) is 0 Å². The summed E-state index contributed by atoms with van der Waals surface area (Å²) in [5.74, 6) is 1.64. The number of hydrogen-bond donors (Lipinski definition) is 0. The number of hydrogen-bond acceptors (Lipinski definition) is 6. The molecule has 0 amide bonds. The Morgan fingerprint density at radius 2 is 0.593 bits per heavy atom. The average Bonchev–Trinajstić information content (AvgIpc) is 3.20. The molecule has 0 aromatic carbocycles. The van der Waals surface area contributed by atoms with Gasteiger partial charge in [0.05, 0.1) is 0 Å². The minimum Gasteiger partial charge on any atom is -0.462 e. The summed E-state index contributed by atoms with van der Waals surface area (Å²) in [4.78, 5) is 37.9. The first-order valence-corrected chi connectivity index (χ1v) is 26.1. The van der Waals surface area contributed by atoms with Crippen LogP contribution >= 0.6 is 0 Å². The summed E-state index contributed by atoms with van der Waals surface area (Å²) >= 11 is 0. The van der Waals surface area contributed by atoms with Gasteiger partial charge >= 0.3 is 17.9 Å². The van der Waals surface area contributed by atoms with Crippen molar-refractivity contribution in [1.29, 1.82) is 0 Å². The fourth-order valence-corrected chi connectivity index (χ4v) is 7.91. The average molecular weight is 835 g/mol. The molecular weight excluding hydrogens is 733 g/mol. The van der Waals surface area contributed by atoms with E-state index in [1.165, 1.54) is 167 Å². The molecule has 0 saturated heterocycles. The second-order valence-corrected chi connectivity index (χ2v) is 19.4. The highest BCUT2D eigenvalue weighted by Gasteiger charge is 2.19. The Balaban J connectivity index is 4.27. The first kappa shape index (κ1) is 57.4. The summed E-state index contributed by atoms with van der Waals surface area (Å²) in [5, 5.41) is 0. The summed E-state index contributed by atoms with van der Waals surface area (Å²) < 4.78 is 16.8. The zero-order valence-electron chi connectivity index (χ0n) is 40.5. The van der Waals surface area contributed by atoms with E-state index >= 15 is 0 Å². The van der Waals surface area contributed by atoms with E-state index < -0.39 is 6.10 Å². The van der Waals surface area contributed by atoms with Gasteiger partial charge in [0, 0.05) is 19.3 Å². The first-order valence-electron chi connectivity index (χ1n) is 26.1. The predicted octanol–water partition coefficient (Wildman–Crippen LogP) is 16.8. The van der Waals surface area contributed by atoms with Crippen molar-refractivity contribution in [2.75, 3.05) is 13.2 Å². The van der Waals surface area contributed by atoms with E-state index in [0.717, 1.165) is 75.5 Å². The monoisotopic (exact) mass is 835 g/mol. The lowest BCUT2D eigenvalue weighted by Crippen LogP contribution is -2.30. The van der Waals surface area contributed by atoms with Crippen molar-refractivity contribution in [2.45, 2.75) is 292 Å². The highest BCUT2D eigenvalue weighted by molar-refractivity contribution is 5.71. The molecule has 0 fully saturated rings. The molecule has 0 aliphatic heterocycles. The van der Waals surface area contributed by atoms with Crippen LogP contribution in [0.5, 0.6) is 0 Å². The van der Waals surface area contributed by atoms with Gasteiger partial charge in [0.15, 0.2) is 6.10 Å². The lowest BCUT2D eigenvalue weighted by Gasteiger charge is -2.18. The Morgan fingerprint density at radius 3 is 0.881 bits per heavy atom. The van der Waals surface area contributed by atoms with Crippen molar-refractivity contribution in [3.63, 3.8) is 0 Å². The molecule has 6 heteroatoms. The molecular formula is C53H102O6. The highest BCUT2D eigenvalue weighted by atomic mass is 16.6. The molecule has 1 unspecified atom stereocenters. The highest BCUT2D eigenvalue weighted by Crippen LogP contribution is 2.18. The van der Waals surface area contributed by atoms with Crippen LogP contribution in [0.2, 0.25) is 0 Å². The number of unbranched alkanes of at least 4 members (excludes halogenated alkanes) is 28. The van der Waals surface area contributed by atoms with Crippen LogP contribution in [0, 0.1) is 17.8 Å². The van der Waals surface area contributed by atoms with Gasteiger partial charge in [0.2, 0.25) is 0 Å². The normalized spacial score (nSPS) is 12.6. The topological polar surface area (TPSA) is 78.9 Å². The fourth-order valence-electron chi connectivity index (χ4n) is 7.91. The quantitative estimate of drug-likeness (QED) is 0.0345. The molecule has 0 aromatic rings. The predicted molar refractivity (Wildman–Crippen MR) is 252 cm³/mol. The maximum absolute atomic E-state index is 12.8. The Hall–Kier alpha value is -1.59. The van der Waals surface area contributed by atoms with Gasteiger partial charge in [-0.15, -0.1) is 0 Å². The molecule has 2 atom stereocenters. The van der Waals surface area contributed by atoms with Crippen LogP contribution < -0.4 is 0 Å². The lowest BCUT2D eigenvalue weighted by molar-refractivity contribution is -0.167. The van der Waals surface area contributed by atoms with Crippen LogP contribution in [0.1, 0.15) is 286 Å². The molecule has 0 aliphatic carbocycles. The van der Waals surface area contributed by atoms with E-state index in [-0.39, 0.29) is 31.1 Å². The molecule has 0 aromatic heterocycles. The molecule has 0 bridgehead atoms. The Bertz CT molecular complexity index is 916. The number of rotatable bonds is 46. The Kier molecular flexibility index (Phi) is 43.3. The summed E-state index contributed by atoms with van der Waals surface area (Å²) in [7, 11) is 0. The summed E-state index contributed by atoms with van der Waals surface area (Å²) in [5.41, 5.74) is 0. The molecule has 0 heterocycles. The summed E-state index contributed by atoms with van der Waals surface area (Å²) in [6.45, 7) is 13.7. The van der Waals surface area contributed by atoms with E-state index in [1.54, 1.807) is 0 Å². The molecule has 6 nitrogen and oxygen atoms in total. The van der Waals surface area contributed by atoms with Crippen LogP contribution in [0.3, 0.4) is 0 Å². The third-order valence-electron chi connectivity index (χ3n) is 12.3. The standard InChI is InChI=1S/C53H102O6/c1-7-49(6)41-35-29-23-17-12-10-8-9-11-13-18-24-30-36-42-51(54)57-45-50(46-58-52(55)43-37-31-26-20-22-28-34-40-48(4)5)59-53(56)44-38-32-25-19-15-14-16-21-27-33-39-47(2)3/h47-50H,7-46H2,1-6H3/t49?,50-/m1/s1.